The first kappa shape index (κ1) is 20.4. The van der Waals surface area contributed by atoms with Gasteiger partial charge in [0.15, 0.2) is 4.34 Å². The van der Waals surface area contributed by atoms with E-state index < -0.39 is 0 Å². The summed E-state index contributed by atoms with van der Waals surface area (Å²) in [6, 6.07) is 16.7. The number of carbonyl (C=O) groups excluding carboxylic acids is 2. The molecule has 154 valence electrons. The maximum atomic E-state index is 12.8. The summed E-state index contributed by atoms with van der Waals surface area (Å²) in [7, 11) is 0. The van der Waals surface area contributed by atoms with Crippen molar-refractivity contribution in [3.63, 3.8) is 0 Å². The molecule has 1 fully saturated rings. The van der Waals surface area contributed by atoms with Crippen molar-refractivity contribution in [1.82, 2.24) is 20.4 Å². The number of nitrogens with one attached hydrogen (secondary N) is 2. The van der Waals surface area contributed by atoms with Gasteiger partial charge in [-0.15, -0.1) is 10.2 Å². The maximum absolute atomic E-state index is 12.8. The quantitative estimate of drug-likeness (QED) is 0.577. The number of likely N-dealkylation sites (tertiary alicyclic amines) is 1. The number of para-hydroxylation sites is 1. The number of hydrogen-bond acceptors (Lipinski definition) is 6. The number of aromatic nitrogens is 2. The normalized spacial score (nSPS) is 14.5. The lowest BCUT2D eigenvalue weighted by Gasteiger charge is -2.25. The molecule has 0 radical (unpaired) electrons. The van der Waals surface area contributed by atoms with Gasteiger partial charge in [0.05, 0.1) is 11.7 Å². The van der Waals surface area contributed by atoms with Gasteiger partial charge < -0.3 is 15.5 Å². The molecule has 2 aromatic carbocycles. The zero-order valence-corrected chi connectivity index (χ0v) is 17.8. The number of nitrogens with zero attached hydrogens (tertiary/aromatic N) is 3. The van der Waals surface area contributed by atoms with E-state index >= 15 is 0 Å². The SMILES string of the molecule is O=C(Nc1ccccc1Sc1nncs1)N[C@@H](CN1CCCC1=O)c1ccccc1. The third-order valence-corrected chi connectivity index (χ3v) is 6.61. The van der Waals surface area contributed by atoms with Gasteiger partial charge in [-0.3, -0.25) is 4.79 Å². The van der Waals surface area contributed by atoms with Crippen LogP contribution in [0.1, 0.15) is 24.4 Å². The Morgan fingerprint density at radius 3 is 2.70 bits per heavy atom. The molecule has 3 aromatic rings. The zero-order chi connectivity index (χ0) is 20.8. The van der Waals surface area contributed by atoms with Gasteiger partial charge in [-0.1, -0.05) is 65.6 Å². The highest BCUT2D eigenvalue weighted by molar-refractivity contribution is 8.01. The predicted octanol–water partition coefficient (Wildman–Crippen LogP) is 4.17. The second-order valence-corrected chi connectivity index (χ2v) is 8.93. The van der Waals surface area contributed by atoms with Crippen LogP contribution < -0.4 is 10.6 Å². The molecule has 30 heavy (non-hydrogen) atoms. The van der Waals surface area contributed by atoms with Crippen LogP contribution in [0, 0.1) is 0 Å². The average Bonchev–Trinajstić information content (AvgIpc) is 3.41. The first-order chi connectivity index (χ1) is 14.7. The number of benzene rings is 2. The molecule has 0 unspecified atom stereocenters. The zero-order valence-electron chi connectivity index (χ0n) is 16.2. The largest absolute Gasteiger partial charge is 0.340 e. The number of rotatable bonds is 7. The fourth-order valence-electron chi connectivity index (χ4n) is 3.31. The molecule has 2 heterocycles. The van der Waals surface area contributed by atoms with Gasteiger partial charge in [0.2, 0.25) is 5.91 Å². The van der Waals surface area contributed by atoms with E-state index in [-0.39, 0.29) is 18.0 Å². The van der Waals surface area contributed by atoms with Gasteiger partial charge in [-0.2, -0.15) is 0 Å². The standard InChI is InChI=1S/C21H21N5O2S2/c27-19-11-6-12-26(19)13-17(15-7-2-1-3-8-15)24-20(28)23-16-9-4-5-10-18(16)30-21-25-22-14-29-21/h1-5,7-10,14,17H,6,11-13H2,(H2,23,24,28)/t17-/m0/s1. The fraction of sp³-hybridized carbons (Fsp3) is 0.238. The lowest BCUT2D eigenvalue weighted by atomic mass is 10.1. The highest BCUT2D eigenvalue weighted by Gasteiger charge is 2.25. The molecule has 1 aromatic heterocycles. The van der Waals surface area contributed by atoms with Crippen LogP contribution in [0.4, 0.5) is 10.5 Å². The molecule has 0 saturated carbocycles. The maximum Gasteiger partial charge on any atom is 0.319 e. The topological polar surface area (TPSA) is 87.2 Å². The third-order valence-electron chi connectivity index (χ3n) is 4.75. The summed E-state index contributed by atoms with van der Waals surface area (Å²) in [6.07, 6.45) is 1.44. The number of hydrogen-bond donors (Lipinski definition) is 2. The van der Waals surface area contributed by atoms with Crippen LogP contribution in [0.5, 0.6) is 0 Å². The van der Waals surface area contributed by atoms with Gasteiger partial charge in [0, 0.05) is 24.4 Å². The van der Waals surface area contributed by atoms with Crippen molar-refractivity contribution in [1.29, 1.82) is 0 Å². The smallest absolute Gasteiger partial charge is 0.319 e. The Kier molecular flexibility index (Phi) is 6.60. The number of anilines is 1. The molecule has 2 N–H and O–H groups in total. The molecular formula is C21H21N5O2S2. The van der Waals surface area contributed by atoms with Crippen LogP contribution in [-0.4, -0.2) is 40.1 Å². The van der Waals surface area contributed by atoms with Crippen LogP contribution in [0.3, 0.4) is 0 Å². The number of amides is 3. The molecule has 9 heteroatoms. The van der Waals surface area contributed by atoms with Crippen LogP contribution in [0.2, 0.25) is 0 Å². The third kappa shape index (κ3) is 5.17. The predicted molar refractivity (Wildman–Crippen MR) is 118 cm³/mol. The van der Waals surface area contributed by atoms with Crippen molar-refractivity contribution in [3.05, 3.63) is 65.7 Å². The van der Waals surface area contributed by atoms with Crippen molar-refractivity contribution >= 4 is 40.7 Å². The highest BCUT2D eigenvalue weighted by Crippen LogP contribution is 2.34. The molecule has 4 rings (SSSR count). The summed E-state index contributed by atoms with van der Waals surface area (Å²) in [6.45, 7) is 1.18. The van der Waals surface area contributed by atoms with Gasteiger partial charge in [0.25, 0.3) is 0 Å². The monoisotopic (exact) mass is 439 g/mol. The summed E-state index contributed by atoms with van der Waals surface area (Å²) in [4.78, 5) is 27.6. The molecule has 0 spiro atoms. The summed E-state index contributed by atoms with van der Waals surface area (Å²) in [5, 5.41) is 13.9. The summed E-state index contributed by atoms with van der Waals surface area (Å²) in [5.74, 6) is 0.136. The minimum Gasteiger partial charge on any atom is -0.340 e. The van der Waals surface area contributed by atoms with E-state index in [0.29, 0.717) is 18.7 Å². The molecular weight excluding hydrogens is 418 g/mol. The Morgan fingerprint density at radius 2 is 1.97 bits per heavy atom. The summed E-state index contributed by atoms with van der Waals surface area (Å²) >= 11 is 2.90. The number of urea groups is 1. The van der Waals surface area contributed by atoms with E-state index in [9.17, 15) is 9.59 Å². The number of carbonyl (C=O) groups is 2. The molecule has 1 aliphatic rings. The van der Waals surface area contributed by atoms with Gasteiger partial charge in [-0.05, 0) is 24.1 Å². The van der Waals surface area contributed by atoms with E-state index in [4.69, 9.17) is 0 Å². The van der Waals surface area contributed by atoms with Gasteiger partial charge >= 0.3 is 6.03 Å². The van der Waals surface area contributed by atoms with E-state index in [0.717, 1.165) is 27.8 Å². The molecule has 1 atom stereocenters. The molecule has 1 aliphatic heterocycles. The molecule has 3 amide bonds. The van der Waals surface area contributed by atoms with Crippen LogP contribution in [0.25, 0.3) is 0 Å². The van der Waals surface area contributed by atoms with E-state index in [1.54, 1.807) is 5.51 Å². The second kappa shape index (κ2) is 9.73. The van der Waals surface area contributed by atoms with Crippen molar-refractivity contribution in [2.45, 2.75) is 28.1 Å². The Morgan fingerprint density at radius 1 is 1.17 bits per heavy atom. The molecule has 0 bridgehead atoms. The van der Waals surface area contributed by atoms with E-state index in [1.807, 2.05) is 59.5 Å². The van der Waals surface area contributed by atoms with Crippen molar-refractivity contribution in [3.8, 4) is 0 Å². The lowest BCUT2D eigenvalue weighted by Crippen LogP contribution is -2.40. The Hall–Kier alpha value is -2.91. The van der Waals surface area contributed by atoms with Gasteiger partial charge in [-0.25, -0.2) is 4.79 Å². The minimum atomic E-state index is -0.319. The molecule has 0 aliphatic carbocycles. The van der Waals surface area contributed by atoms with Crippen molar-refractivity contribution in [2.24, 2.45) is 0 Å². The van der Waals surface area contributed by atoms with Crippen molar-refractivity contribution in [2.75, 3.05) is 18.4 Å². The Labute approximate surface area is 182 Å². The molecule has 1 saturated heterocycles. The average molecular weight is 440 g/mol. The second-order valence-electron chi connectivity index (χ2n) is 6.81. The Balaban J connectivity index is 1.47. The highest BCUT2D eigenvalue weighted by atomic mass is 32.2. The summed E-state index contributed by atoms with van der Waals surface area (Å²) in [5.41, 5.74) is 3.33. The molecule has 7 nitrogen and oxygen atoms in total. The lowest BCUT2D eigenvalue weighted by molar-refractivity contribution is -0.128. The van der Waals surface area contributed by atoms with E-state index in [2.05, 4.69) is 20.8 Å². The van der Waals surface area contributed by atoms with Crippen LogP contribution >= 0.6 is 23.1 Å². The van der Waals surface area contributed by atoms with Crippen molar-refractivity contribution < 1.29 is 9.59 Å². The first-order valence-corrected chi connectivity index (χ1v) is 11.3. The first-order valence-electron chi connectivity index (χ1n) is 9.62. The van der Waals surface area contributed by atoms with Gasteiger partial charge in [0.1, 0.15) is 5.51 Å². The van der Waals surface area contributed by atoms with E-state index in [1.165, 1.54) is 23.1 Å². The van der Waals surface area contributed by atoms with Crippen LogP contribution in [0.15, 0.2) is 69.3 Å². The Bertz CT molecular complexity index is 998. The minimum absolute atomic E-state index is 0.136. The fourth-order valence-corrected chi connectivity index (χ4v) is 4.84. The summed E-state index contributed by atoms with van der Waals surface area (Å²) < 4.78 is 0.805. The van der Waals surface area contributed by atoms with Crippen LogP contribution in [-0.2, 0) is 4.79 Å².